The average molecular weight is 169 g/mol. The summed E-state index contributed by atoms with van der Waals surface area (Å²) in [6.07, 6.45) is 1.89. The first-order valence-corrected chi connectivity index (χ1v) is 4.26. The molecule has 0 spiro atoms. The lowest BCUT2D eigenvalue weighted by Crippen LogP contribution is -2.18. The summed E-state index contributed by atoms with van der Waals surface area (Å²) in [5.74, 6) is 0.250. The van der Waals surface area contributed by atoms with Gasteiger partial charge < -0.3 is 4.74 Å². The van der Waals surface area contributed by atoms with Crippen LogP contribution in [0.2, 0.25) is 0 Å². The highest BCUT2D eigenvalue weighted by molar-refractivity contribution is 7.98. The van der Waals surface area contributed by atoms with Crippen molar-refractivity contribution in [2.45, 2.75) is 5.38 Å². The van der Waals surface area contributed by atoms with Crippen LogP contribution < -0.4 is 0 Å². The van der Waals surface area contributed by atoms with Crippen molar-refractivity contribution in [3.8, 4) is 0 Å². The number of carbonyl (C=O) groups is 1. The van der Waals surface area contributed by atoms with E-state index in [9.17, 15) is 4.79 Å². The van der Waals surface area contributed by atoms with E-state index in [0.717, 1.165) is 0 Å². The van der Waals surface area contributed by atoms with Gasteiger partial charge in [0.15, 0.2) is 0 Å². The Kier molecular flexibility index (Phi) is 5.00. The van der Waals surface area contributed by atoms with E-state index < -0.39 is 5.38 Å². The van der Waals surface area contributed by atoms with E-state index in [1.807, 2.05) is 6.26 Å². The fraction of sp³-hybridized carbons (Fsp3) is 0.800. The van der Waals surface area contributed by atoms with Crippen LogP contribution in [0.25, 0.3) is 0 Å². The van der Waals surface area contributed by atoms with Crippen LogP contribution in [0.3, 0.4) is 0 Å². The minimum atomic E-state index is -0.495. The van der Waals surface area contributed by atoms with Crippen molar-refractivity contribution in [2.24, 2.45) is 0 Å². The van der Waals surface area contributed by atoms with Gasteiger partial charge in [-0.3, -0.25) is 4.79 Å². The molecule has 0 aliphatic heterocycles. The molecule has 1 atom stereocenters. The van der Waals surface area contributed by atoms with Crippen LogP contribution in [0.1, 0.15) is 0 Å². The lowest BCUT2D eigenvalue weighted by molar-refractivity contribution is -0.139. The molecule has 0 aromatic heterocycles. The summed E-state index contributed by atoms with van der Waals surface area (Å²) in [4.78, 5) is 10.5. The molecule has 0 aromatic carbocycles. The number of carbonyl (C=O) groups excluding carboxylic acids is 1. The number of methoxy groups -OCH3 is 1. The van der Waals surface area contributed by atoms with Gasteiger partial charge >= 0.3 is 5.97 Å². The van der Waals surface area contributed by atoms with Crippen LogP contribution in [0.15, 0.2) is 0 Å². The summed E-state index contributed by atoms with van der Waals surface area (Å²) in [6.45, 7) is 0. The van der Waals surface area contributed by atoms with E-state index in [2.05, 4.69) is 4.74 Å². The van der Waals surface area contributed by atoms with Gasteiger partial charge in [0.25, 0.3) is 0 Å². The first-order valence-electron chi connectivity index (χ1n) is 2.43. The summed E-state index contributed by atoms with van der Waals surface area (Å²) in [5.41, 5.74) is 0. The van der Waals surface area contributed by atoms with E-state index in [-0.39, 0.29) is 5.97 Å². The van der Waals surface area contributed by atoms with Crippen molar-refractivity contribution in [1.29, 1.82) is 0 Å². The van der Waals surface area contributed by atoms with Gasteiger partial charge in [0.1, 0.15) is 5.38 Å². The quantitative estimate of drug-likeness (QED) is 0.467. The minimum Gasteiger partial charge on any atom is -0.468 e. The van der Waals surface area contributed by atoms with Crippen LogP contribution in [-0.4, -0.2) is 30.5 Å². The molecule has 0 aromatic rings. The molecule has 0 bridgehead atoms. The Morgan fingerprint density at radius 2 is 2.44 bits per heavy atom. The second-order valence-electron chi connectivity index (χ2n) is 1.45. The summed E-state index contributed by atoms with van der Waals surface area (Å²) >= 11 is 7.06. The molecule has 0 amide bonds. The fourth-order valence-corrected chi connectivity index (χ4v) is 1.24. The molecule has 0 radical (unpaired) electrons. The minimum absolute atomic E-state index is 0.356. The highest BCUT2D eigenvalue weighted by Crippen LogP contribution is 2.05. The summed E-state index contributed by atoms with van der Waals surface area (Å²) < 4.78 is 4.38. The normalized spacial score (nSPS) is 12.8. The van der Waals surface area contributed by atoms with Crippen LogP contribution in [0.4, 0.5) is 0 Å². The van der Waals surface area contributed by atoms with Crippen molar-refractivity contribution in [3.63, 3.8) is 0 Å². The van der Waals surface area contributed by atoms with Crippen LogP contribution in [-0.2, 0) is 9.53 Å². The number of esters is 1. The zero-order valence-corrected chi connectivity index (χ0v) is 6.96. The summed E-state index contributed by atoms with van der Waals surface area (Å²) in [5, 5.41) is -0.495. The van der Waals surface area contributed by atoms with Crippen molar-refractivity contribution in [1.82, 2.24) is 0 Å². The molecule has 1 unspecified atom stereocenters. The van der Waals surface area contributed by atoms with Crippen molar-refractivity contribution >= 4 is 29.3 Å². The van der Waals surface area contributed by atoms with Gasteiger partial charge in [-0.2, -0.15) is 11.8 Å². The van der Waals surface area contributed by atoms with Gasteiger partial charge in [0.05, 0.1) is 7.11 Å². The monoisotopic (exact) mass is 168 g/mol. The second-order valence-corrected chi connectivity index (χ2v) is 2.88. The molecule has 4 heteroatoms. The van der Waals surface area contributed by atoms with Gasteiger partial charge in [-0.05, 0) is 6.26 Å². The van der Waals surface area contributed by atoms with Crippen LogP contribution in [0, 0.1) is 0 Å². The van der Waals surface area contributed by atoms with E-state index in [1.165, 1.54) is 18.9 Å². The SMILES string of the molecule is COC(=O)C(Cl)CSC. The Labute approximate surface area is 63.9 Å². The standard InChI is InChI=1S/C5H9ClO2S/c1-8-5(7)4(6)3-9-2/h4H,3H2,1-2H3. The molecule has 0 saturated carbocycles. The topological polar surface area (TPSA) is 26.3 Å². The molecule has 0 rings (SSSR count). The smallest absolute Gasteiger partial charge is 0.324 e. The number of thioether (sulfide) groups is 1. The largest absolute Gasteiger partial charge is 0.468 e. The Bertz CT molecular complexity index is 97.0. The van der Waals surface area contributed by atoms with Gasteiger partial charge in [-0.15, -0.1) is 11.6 Å². The average Bonchev–Trinajstić information content (AvgIpc) is 1.87. The Balaban J connectivity index is 3.45. The van der Waals surface area contributed by atoms with Crippen LogP contribution in [0.5, 0.6) is 0 Å². The van der Waals surface area contributed by atoms with Gasteiger partial charge in [0.2, 0.25) is 0 Å². The molecule has 54 valence electrons. The number of hydrogen-bond donors (Lipinski definition) is 0. The molecule has 0 aliphatic rings. The zero-order chi connectivity index (χ0) is 7.28. The molecule has 9 heavy (non-hydrogen) atoms. The van der Waals surface area contributed by atoms with E-state index >= 15 is 0 Å². The number of alkyl halides is 1. The summed E-state index contributed by atoms with van der Waals surface area (Å²) in [7, 11) is 1.33. The molecule has 0 N–H and O–H groups in total. The third-order valence-electron chi connectivity index (χ3n) is 0.770. The third-order valence-corrected chi connectivity index (χ3v) is 1.95. The Hall–Kier alpha value is 0.110. The predicted molar refractivity (Wildman–Crippen MR) is 40.0 cm³/mol. The molecule has 0 aliphatic carbocycles. The number of halogens is 1. The third kappa shape index (κ3) is 3.65. The maximum absolute atomic E-state index is 10.5. The summed E-state index contributed by atoms with van der Waals surface area (Å²) in [6, 6.07) is 0. The van der Waals surface area contributed by atoms with Gasteiger partial charge in [-0.25, -0.2) is 0 Å². The van der Waals surface area contributed by atoms with Crippen molar-refractivity contribution in [2.75, 3.05) is 19.1 Å². The molecule has 0 heterocycles. The Morgan fingerprint density at radius 3 is 2.78 bits per heavy atom. The van der Waals surface area contributed by atoms with Crippen molar-refractivity contribution in [3.05, 3.63) is 0 Å². The molecular formula is C5H9ClO2S. The van der Waals surface area contributed by atoms with E-state index in [1.54, 1.807) is 0 Å². The highest BCUT2D eigenvalue weighted by Gasteiger charge is 2.13. The lowest BCUT2D eigenvalue weighted by atomic mass is 10.5. The van der Waals surface area contributed by atoms with Gasteiger partial charge in [0, 0.05) is 5.75 Å². The van der Waals surface area contributed by atoms with E-state index in [0.29, 0.717) is 5.75 Å². The molecular weight excluding hydrogens is 160 g/mol. The van der Waals surface area contributed by atoms with Crippen molar-refractivity contribution < 1.29 is 9.53 Å². The molecule has 2 nitrogen and oxygen atoms in total. The molecule has 0 saturated heterocycles. The predicted octanol–water partition coefficient (Wildman–Crippen LogP) is 1.13. The second kappa shape index (κ2) is 4.94. The maximum Gasteiger partial charge on any atom is 0.324 e. The molecule has 0 fully saturated rings. The lowest BCUT2D eigenvalue weighted by Gasteiger charge is -2.02. The number of ether oxygens (including phenoxy) is 1. The number of hydrogen-bond acceptors (Lipinski definition) is 3. The maximum atomic E-state index is 10.5. The Morgan fingerprint density at radius 1 is 1.89 bits per heavy atom. The fourth-order valence-electron chi connectivity index (χ4n) is 0.342. The first kappa shape index (κ1) is 9.11. The van der Waals surface area contributed by atoms with Gasteiger partial charge in [-0.1, -0.05) is 0 Å². The van der Waals surface area contributed by atoms with Crippen LogP contribution >= 0.6 is 23.4 Å². The first-order chi connectivity index (χ1) is 4.22. The highest BCUT2D eigenvalue weighted by atomic mass is 35.5. The van der Waals surface area contributed by atoms with E-state index in [4.69, 9.17) is 11.6 Å². The number of rotatable bonds is 3. The zero-order valence-electron chi connectivity index (χ0n) is 5.39.